The second-order valence-electron chi connectivity index (χ2n) is 13.8. The van der Waals surface area contributed by atoms with Gasteiger partial charge in [-0.1, -0.05) is 105 Å². The third kappa shape index (κ3) is 10.9. The maximum atomic E-state index is 13.5. The lowest BCUT2D eigenvalue weighted by molar-refractivity contribution is -0.161. The number of nitrogens with one attached hydrogen (secondary N) is 3. The van der Waals surface area contributed by atoms with E-state index in [-0.39, 0.29) is 41.9 Å². The lowest BCUT2D eigenvalue weighted by Crippen LogP contribution is -2.55. The fraction of sp³-hybridized carbons (Fsp3) is 0.556. The van der Waals surface area contributed by atoms with Crippen LogP contribution in [0.1, 0.15) is 70.9 Å². The zero-order valence-electron chi connectivity index (χ0n) is 29.0. The van der Waals surface area contributed by atoms with E-state index < -0.39 is 54.3 Å². The van der Waals surface area contributed by atoms with Crippen LogP contribution in [0.4, 0.5) is 4.79 Å². The smallest absolute Gasteiger partial charge is 0.407 e. The quantitative estimate of drug-likeness (QED) is 0.159. The van der Waals surface area contributed by atoms with Crippen LogP contribution in [-0.2, 0) is 28.6 Å². The summed E-state index contributed by atoms with van der Waals surface area (Å²) >= 11 is 0. The fourth-order valence-corrected chi connectivity index (χ4v) is 8.39. The van der Waals surface area contributed by atoms with Crippen LogP contribution < -0.4 is 16.0 Å². The summed E-state index contributed by atoms with van der Waals surface area (Å²) in [6.07, 6.45) is -2.52. The number of carbonyl (C=O) groups is 4. The number of methoxy groups -OCH3 is 1. The van der Waals surface area contributed by atoms with Crippen LogP contribution in [0, 0.1) is 5.92 Å². The van der Waals surface area contributed by atoms with Gasteiger partial charge < -0.3 is 35.3 Å². The summed E-state index contributed by atoms with van der Waals surface area (Å²) in [5, 5.41) is 18.8. The number of hydrogen-bond donors (Lipinski definition) is 4. The van der Waals surface area contributed by atoms with Crippen LogP contribution in [0.3, 0.4) is 0 Å². The molecule has 1 aliphatic heterocycles. The van der Waals surface area contributed by atoms with Crippen molar-refractivity contribution in [3.05, 3.63) is 59.7 Å². The molecule has 0 aromatic heterocycles. The molecule has 4 N–H and O–H groups in total. The molecule has 4 rings (SSSR count). The van der Waals surface area contributed by atoms with Crippen LogP contribution in [0.25, 0.3) is 11.1 Å². The number of hydrogen-bond acceptors (Lipinski definition) is 10. The van der Waals surface area contributed by atoms with Crippen LogP contribution in [-0.4, -0.2) is 90.1 Å². The average Bonchev–Trinajstić information content (AvgIpc) is 3.38. The molecule has 0 radical (unpaired) electrons. The predicted octanol–water partition coefficient (Wildman–Crippen LogP) is 4.80. The molecule has 1 aliphatic carbocycles. The Bertz CT molecular complexity index is 1420. The van der Waals surface area contributed by atoms with E-state index in [1.807, 2.05) is 50.2 Å². The van der Waals surface area contributed by atoms with E-state index in [4.69, 9.17) is 14.2 Å². The SMILES string of the molecule is COC(=O)[C@H](CC(C)C)NC(=O)[C@H]1O[C@H](CNC(=O)[C@H](CSSC(C)(C)C)NC(=O)OCC2c3ccccc3-c3ccccc32)CC[C@@H]1O. The summed E-state index contributed by atoms with van der Waals surface area (Å²) in [5.74, 6) is -1.33. The summed E-state index contributed by atoms with van der Waals surface area (Å²) in [4.78, 5) is 51.9. The van der Waals surface area contributed by atoms with Gasteiger partial charge in [0, 0.05) is 23.0 Å². The first kappa shape index (κ1) is 38.5. The molecule has 3 amide bonds. The predicted molar refractivity (Wildman–Crippen MR) is 192 cm³/mol. The topological polar surface area (TPSA) is 152 Å². The first-order chi connectivity index (χ1) is 23.3. The van der Waals surface area contributed by atoms with Gasteiger partial charge in [0.2, 0.25) is 5.91 Å². The number of aliphatic hydroxyl groups is 1. The number of amides is 3. The molecular formula is C36H49N3O8S2. The van der Waals surface area contributed by atoms with Crippen molar-refractivity contribution in [2.45, 2.75) is 94.9 Å². The second-order valence-corrected chi connectivity index (χ2v) is 17.0. The van der Waals surface area contributed by atoms with Crippen molar-refractivity contribution in [3.63, 3.8) is 0 Å². The molecule has 0 saturated carbocycles. The Morgan fingerprint density at radius 3 is 2.18 bits per heavy atom. The van der Waals surface area contributed by atoms with Crippen molar-refractivity contribution in [1.29, 1.82) is 0 Å². The number of alkyl carbamates (subject to hydrolysis) is 1. The molecule has 268 valence electrons. The minimum Gasteiger partial charge on any atom is -0.467 e. The monoisotopic (exact) mass is 715 g/mol. The van der Waals surface area contributed by atoms with Gasteiger partial charge in [0.15, 0.2) is 6.10 Å². The summed E-state index contributed by atoms with van der Waals surface area (Å²) in [7, 11) is 4.33. The number of rotatable bonds is 14. The van der Waals surface area contributed by atoms with Gasteiger partial charge in [-0.2, -0.15) is 0 Å². The van der Waals surface area contributed by atoms with E-state index in [2.05, 4.69) is 48.9 Å². The maximum Gasteiger partial charge on any atom is 0.407 e. The highest BCUT2D eigenvalue weighted by Gasteiger charge is 2.38. The van der Waals surface area contributed by atoms with Crippen molar-refractivity contribution in [2.24, 2.45) is 5.92 Å². The largest absolute Gasteiger partial charge is 0.467 e. The van der Waals surface area contributed by atoms with Gasteiger partial charge in [-0.25, -0.2) is 9.59 Å². The first-order valence-corrected chi connectivity index (χ1v) is 19.0. The zero-order chi connectivity index (χ0) is 35.7. The molecular weight excluding hydrogens is 667 g/mol. The van der Waals surface area contributed by atoms with E-state index in [1.165, 1.54) is 17.9 Å². The molecule has 2 aliphatic rings. The molecule has 1 saturated heterocycles. The number of benzene rings is 2. The minimum absolute atomic E-state index is 0.0572. The van der Waals surface area contributed by atoms with Crippen molar-refractivity contribution in [2.75, 3.05) is 26.0 Å². The van der Waals surface area contributed by atoms with Gasteiger partial charge in [-0.05, 0) is 47.4 Å². The second kappa shape index (κ2) is 17.6. The van der Waals surface area contributed by atoms with Gasteiger partial charge >= 0.3 is 12.1 Å². The Hall–Kier alpha value is -3.26. The van der Waals surface area contributed by atoms with Crippen molar-refractivity contribution >= 4 is 45.5 Å². The lowest BCUT2D eigenvalue weighted by Gasteiger charge is -2.34. The zero-order valence-corrected chi connectivity index (χ0v) is 30.7. The Morgan fingerprint density at radius 2 is 1.59 bits per heavy atom. The number of ether oxygens (including phenoxy) is 3. The average molecular weight is 716 g/mol. The summed E-state index contributed by atoms with van der Waals surface area (Å²) < 4.78 is 16.4. The molecule has 1 heterocycles. The molecule has 13 heteroatoms. The van der Waals surface area contributed by atoms with Gasteiger partial charge in [0.05, 0.1) is 19.3 Å². The Balaban J connectivity index is 1.35. The number of esters is 1. The van der Waals surface area contributed by atoms with Crippen molar-refractivity contribution in [1.82, 2.24) is 16.0 Å². The highest BCUT2D eigenvalue weighted by atomic mass is 33.1. The maximum absolute atomic E-state index is 13.5. The molecule has 49 heavy (non-hydrogen) atoms. The van der Waals surface area contributed by atoms with Crippen LogP contribution in [0.2, 0.25) is 0 Å². The molecule has 5 atom stereocenters. The summed E-state index contributed by atoms with van der Waals surface area (Å²) in [5.41, 5.74) is 4.42. The molecule has 0 bridgehead atoms. The number of carbonyl (C=O) groups excluding carboxylic acids is 4. The first-order valence-electron chi connectivity index (χ1n) is 16.7. The normalized spacial score (nSPS) is 20.0. The fourth-order valence-electron chi connectivity index (χ4n) is 5.92. The standard InChI is InChI=1S/C36H49N3O8S2/c1-21(2)17-28(34(43)45-6)38-33(42)31-30(40)16-15-22(47-31)18-37-32(41)29(20-48-49-36(3,4)5)39-35(44)46-19-27-25-13-9-7-11-23(25)24-12-8-10-14-26(24)27/h7-14,21-22,27-31,40H,15-20H2,1-6H3,(H,37,41)(H,38,42)(H,39,44)/t22-,28-,29-,30-,31-/m0/s1. The highest BCUT2D eigenvalue weighted by molar-refractivity contribution is 8.77. The van der Waals surface area contributed by atoms with Gasteiger partial charge in [0.25, 0.3) is 5.91 Å². The lowest BCUT2D eigenvalue weighted by atomic mass is 9.98. The third-order valence-corrected chi connectivity index (χ3v) is 11.6. The third-order valence-electron chi connectivity index (χ3n) is 8.24. The Morgan fingerprint density at radius 1 is 0.959 bits per heavy atom. The molecule has 2 aromatic rings. The van der Waals surface area contributed by atoms with Crippen LogP contribution >= 0.6 is 21.6 Å². The summed E-state index contributed by atoms with van der Waals surface area (Å²) in [6.45, 7) is 10.2. The Labute approximate surface area is 296 Å². The molecule has 1 fully saturated rings. The van der Waals surface area contributed by atoms with E-state index >= 15 is 0 Å². The van der Waals surface area contributed by atoms with Gasteiger partial charge in [-0.15, -0.1) is 0 Å². The molecule has 0 spiro atoms. The summed E-state index contributed by atoms with van der Waals surface area (Å²) in [6, 6.07) is 14.4. The van der Waals surface area contributed by atoms with E-state index in [0.717, 1.165) is 22.3 Å². The minimum atomic E-state index is -1.22. The van der Waals surface area contributed by atoms with E-state index in [0.29, 0.717) is 12.8 Å². The number of aliphatic hydroxyl groups excluding tert-OH is 1. The van der Waals surface area contributed by atoms with E-state index in [1.54, 1.807) is 10.8 Å². The van der Waals surface area contributed by atoms with Gasteiger partial charge in [0.1, 0.15) is 18.7 Å². The van der Waals surface area contributed by atoms with Crippen molar-refractivity contribution in [3.8, 4) is 11.1 Å². The van der Waals surface area contributed by atoms with Crippen molar-refractivity contribution < 1.29 is 38.5 Å². The van der Waals surface area contributed by atoms with Gasteiger partial charge in [-0.3, -0.25) is 9.59 Å². The van der Waals surface area contributed by atoms with Crippen LogP contribution in [0.15, 0.2) is 48.5 Å². The molecule has 0 unspecified atom stereocenters. The highest BCUT2D eigenvalue weighted by Crippen LogP contribution is 2.44. The molecule has 2 aromatic carbocycles. The number of fused-ring (bicyclic) bond motifs is 3. The van der Waals surface area contributed by atoms with Crippen LogP contribution in [0.5, 0.6) is 0 Å². The Kier molecular flexibility index (Phi) is 13.8. The molecule has 11 nitrogen and oxygen atoms in total. The van der Waals surface area contributed by atoms with E-state index in [9.17, 15) is 24.3 Å².